The SMILES string of the molecule is Cc1cccc(C)c1C(=O)N[C@H](C(=O)N1CCC[C@H]1N[C@H](C=O)CC(=O)O)C(C)C. The van der Waals surface area contributed by atoms with Crippen molar-refractivity contribution in [3.63, 3.8) is 0 Å². The molecule has 0 aromatic heterocycles. The molecular weight excluding hydrogens is 386 g/mol. The van der Waals surface area contributed by atoms with Gasteiger partial charge in [-0.3, -0.25) is 19.7 Å². The van der Waals surface area contributed by atoms with Crippen molar-refractivity contribution >= 4 is 24.1 Å². The van der Waals surface area contributed by atoms with Gasteiger partial charge in [-0.15, -0.1) is 0 Å². The van der Waals surface area contributed by atoms with Crippen LogP contribution in [0.3, 0.4) is 0 Å². The summed E-state index contributed by atoms with van der Waals surface area (Å²) in [5, 5.41) is 14.8. The number of carbonyl (C=O) groups is 4. The number of nitrogens with zero attached hydrogens (tertiary/aromatic N) is 1. The van der Waals surface area contributed by atoms with Crippen LogP contribution in [0.4, 0.5) is 0 Å². The molecule has 3 atom stereocenters. The third-order valence-electron chi connectivity index (χ3n) is 5.43. The van der Waals surface area contributed by atoms with Crippen LogP contribution in [0.15, 0.2) is 18.2 Å². The van der Waals surface area contributed by atoms with E-state index in [4.69, 9.17) is 5.11 Å². The van der Waals surface area contributed by atoms with Gasteiger partial charge in [0, 0.05) is 12.1 Å². The van der Waals surface area contributed by atoms with Crippen LogP contribution in [0.5, 0.6) is 0 Å². The molecule has 2 amide bonds. The second-order valence-electron chi connectivity index (χ2n) is 8.16. The number of hydrogen-bond donors (Lipinski definition) is 3. The molecule has 2 rings (SSSR count). The molecule has 1 heterocycles. The molecule has 1 aliphatic heterocycles. The number of rotatable bonds is 9. The Morgan fingerprint density at radius 3 is 2.40 bits per heavy atom. The first-order valence-electron chi connectivity index (χ1n) is 10.3. The van der Waals surface area contributed by atoms with Gasteiger partial charge in [0.05, 0.1) is 18.6 Å². The van der Waals surface area contributed by atoms with Crippen molar-refractivity contribution in [3.8, 4) is 0 Å². The predicted molar refractivity (Wildman–Crippen MR) is 112 cm³/mol. The third kappa shape index (κ3) is 5.66. The van der Waals surface area contributed by atoms with E-state index in [0.717, 1.165) is 17.5 Å². The van der Waals surface area contributed by atoms with Gasteiger partial charge in [0.25, 0.3) is 5.91 Å². The average Bonchev–Trinajstić information content (AvgIpc) is 3.12. The van der Waals surface area contributed by atoms with Gasteiger partial charge >= 0.3 is 5.97 Å². The highest BCUT2D eigenvalue weighted by atomic mass is 16.4. The quantitative estimate of drug-likeness (QED) is 0.526. The molecule has 0 aliphatic carbocycles. The second-order valence-corrected chi connectivity index (χ2v) is 8.16. The van der Waals surface area contributed by atoms with Crippen molar-refractivity contribution in [2.24, 2.45) is 5.92 Å². The Kier molecular flexibility index (Phi) is 8.11. The number of aryl methyl sites for hydroxylation is 2. The molecule has 3 N–H and O–H groups in total. The fourth-order valence-electron chi connectivity index (χ4n) is 3.86. The van der Waals surface area contributed by atoms with Crippen LogP contribution in [0.1, 0.15) is 54.6 Å². The predicted octanol–water partition coefficient (Wildman–Crippen LogP) is 1.64. The Morgan fingerprint density at radius 2 is 1.87 bits per heavy atom. The minimum absolute atomic E-state index is 0.145. The minimum Gasteiger partial charge on any atom is -0.481 e. The van der Waals surface area contributed by atoms with E-state index in [9.17, 15) is 19.2 Å². The van der Waals surface area contributed by atoms with Crippen LogP contribution in [-0.4, -0.2) is 58.9 Å². The van der Waals surface area contributed by atoms with E-state index in [1.807, 2.05) is 45.9 Å². The summed E-state index contributed by atoms with van der Waals surface area (Å²) in [5.74, 6) is -1.76. The van der Waals surface area contributed by atoms with E-state index in [1.165, 1.54) is 0 Å². The van der Waals surface area contributed by atoms with Crippen molar-refractivity contribution < 1.29 is 24.3 Å². The van der Waals surface area contributed by atoms with E-state index in [1.54, 1.807) is 4.90 Å². The van der Waals surface area contributed by atoms with Gasteiger partial charge in [-0.1, -0.05) is 32.0 Å². The highest BCUT2D eigenvalue weighted by molar-refractivity contribution is 5.99. The Hall–Kier alpha value is -2.74. The zero-order chi connectivity index (χ0) is 22.4. The number of carboxylic acids is 1. The average molecular weight is 418 g/mol. The number of hydrogen-bond acceptors (Lipinski definition) is 5. The maximum atomic E-state index is 13.3. The zero-order valence-corrected chi connectivity index (χ0v) is 18.0. The first-order valence-corrected chi connectivity index (χ1v) is 10.3. The van der Waals surface area contributed by atoms with E-state index in [2.05, 4.69) is 10.6 Å². The summed E-state index contributed by atoms with van der Waals surface area (Å²) in [6.07, 6.45) is 1.12. The molecule has 0 bridgehead atoms. The standard InChI is InChI=1S/C22H31N3O5/c1-13(2)20(24-21(29)19-14(3)7-5-8-15(19)4)22(30)25-10-6-9-17(25)23-16(12-26)11-18(27)28/h5,7-8,12-13,16-17,20,23H,6,9-11H2,1-4H3,(H,24,29)(H,27,28)/t16-,17-,20-/m0/s1. The molecule has 1 aromatic rings. The Bertz CT molecular complexity index is 788. The highest BCUT2D eigenvalue weighted by Gasteiger charge is 2.36. The first kappa shape index (κ1) is 23.5. The lowest BCUT2D eigenvalue weighted by molar-refractivity contribution is -0.139. The van der Waals surface area contributed by atoms with Crippen LogP contribution >= 0.6 is 0 Å². The van der Waals surface area contributed by atoms with Crippen LogP contribution in [0.25, 0.3) is 0 Å². The maximum Gasteiger partial charge on any atom is 0.305 e. The molecule has 164 valence electrons. The number of aliphatic carboxylic acids is 1. The second kappa shape index (κ2) is 10.3. The number of carboxylic acid groups (broad SMARTS) is 1. The molecule has 30 heavy (non-hydrogen) atoms. The molecule has 1 saturated heterocycles. The van der Waals surface area contributed by atoms with Gasteiger partial charge in [-0.05, 0) is 43.7 Å². The molecule has 0 spiro atoms. The number of nitrogens with one attached hydrogen (secondary N) is 2. The topological polar surface area (TPSA) is 116 Å². The molecule has 1 aliphatic rings. The van der Waals surface area contributed by atoms with E-state index in [0.29, 0.717) is 24.8 Å². The van der Waals surface area contributed by atoms with Gasteiger partial charge in [-0.25, -0.2) is 0 Å². The first-order chi connectivity index (χ1) is 14.1. The molecule has 0 saturated carbocycles. The molecule has 8 heteroatoms. The monoisotopic (exact) mass is 417 g/mol. The Labute approximate surface area is 177 Å². The van der Waals surface area contributed by atoms with Crippen molar-refractivity contribution in [1.82, 2.24) is 15.5 Å². The minimum atomic E-state index is -1.09. The smallest absolute Gasteiger partial charge is 0.305 e. The van der Waals surface area contributed by atoms with Crippen molar-refractivity contribution in [2.75, 3.05) is 6.54 Å². The number of likely N-dealkylation sites (tertiary alicyclic amines) is 1. The Morgan fingerprint density at radius 1 is 1.23 bits per heavy atom. The fourth-order valence-corrected chi connectivity index (χ4v) is 3.86. The third-order valence-corrected chi connectivity index (χ3v) is 5.43. The van der Waals surface area contributed by atoms with Gasteiger partial charge in [-0.2, -0.15) is 0 Å². The van der Waals surface area contributed by atoms with Crippen molar-refractivity contribution in [2.45, 2.75) is 65.2 Å². The number of amides is 2. The van der Waals surface area contributed by atoms with Crippen molar-refractivity contribution in [1.29, 1.82) is 0 Å². The number of carbonyl (C=O) groups excluding carboxylic acids is 3. The van der Waals surface area contributed by atoms with Gasteiger partial charge < -0.3 is 20.1 Å². The largest absolute Gasteiger partial charge is 0.481 e. The van der Waals surface area contributed by atoms with Gasteiger partial charge in [0.15, 0.2) is 0 Å². The Balaban J connectivity index is 2.16. The normalized spacial score (nSPS) is 18.2. The summed E-state index contributed by atoms with van der Waals surface area (Å²) in [5.41, 5.74) is 2.24. The lowest BCUT2D eigenvalue weighted by Crippen LogP contribution is -2.56. The highest BCUT2D eigenvalue weighted by Crippen LogP contribution is 2.20. The van der Waals surface area contributed by atoms with Crippen molar-refractivity contribution in [3.05, 3.63) is 34.9 Å². The summed E-state index contributed by atoms with van der Waals surface area (Å²) < 4.78 is 0. The van der Waals surface area contributed by atoms with Gasteiger partial charge in [0.2, 0.25) is 5.91 Å². The van der Waals surface area contributed by atoms with E-state index < -0.39 is 24.2 Å². The van der Waals surface area contributed by atoms with Crippen LogP contribution in [-0.2, 0) is 14.4 Å². The summed E-state index contributed by atoms with van der Waals surface area (Å²) in [7, 11) is 0. The number of aldehydes is 1. The van der Waals surface area contributed by atoms with Crippen LogP contribution in [0, 0.1) is 19.8 Å². The molecular formula is C22H31N3O5. The van der Waals surface area contributed by atoms with E-state index >= 15 is 0 Å². The summed E-state index contributed by atoms with van der Waals surface area (Å²) in [6.45, 7) is 7.93. The summed E-state index contributed by atoms with van der Waals surface area (Å²) in [4.78, 5) is 50.0. The summed E-state index contributed by atoms with van der Waals surface area (Å²) in [6, 6.07) is 4.00. The van der Waals surface area contributed by atoms with Gasteiger partial charge in [0.1, 0.15) is 12.3 Å². The lowest BCUT2D eigenvalue weighted by atomic mass is 9.99. The molecule has 8 nitrogen and oxygen atoms in total. The molecule has 0 radical (unpaired) electrons. The van der Waals surface area contributed by atoms with Crippen LogP contribution < -0.4 is 10.6 Å². The summed E-state index contributed by atoms with van der Waals surface area (Å²) >= 11 is 0. The van der Waals surface area contributed by atoms with Crippen LogP contribution in [0.2, 0.25) is 0 Å². The lowest BCUT2D eigenvalue weighted by Gasteiger charge is -2.32. The number of benzene rings is 1. The zero-order valence-electron chi connectivity index (χ0n) is 18.0. The van der Waals surface area contributed by atoms with E-state index in [-0.39, 0.29) is 24.2 Å². The molecule has 1 aromatic carbocycles. The fraction of sp³-hybridized carbons (Fsp3) is 0.545. The maximum absolute atomic E-state index is 13.3. The molecule has 0 unspecified atom stereocenters. The molecule has 1 fully saturated rings.